The Labute approximate surface area is 154 Å². The molecule has 0 saturated heterocycles. The van der Waals surface area contributed by atoms with Gasteiger partial charge in [-0.15, -0.1) is 0 Å². The molecule has 2 aliphatic carbocycles. The van der Waals surface area contributed by atoms with Gasteiger partial charge in [-0.2, -0.15) is 0 Å². The Morgan fingerprint density at radius 1 is 1.27 bits per heavy atom. The number of methoxy groups -OCH3 is 1. The Morgan fingerprint density at radius 3 is 2.96 bits per heavy atom. The molecule has 1 saturated carbocycles. The number of hydrogen-bond acceptors (Lipinski definition) is 3. The van der Waals surface area contributed by atoms with Crippen LogP contribution in [0.15, 0.2) is 42.6 Å². The Hall–Kier alpha value is -2.27. The molecule has 138 valence electrons. The number of hydrogen-bond donors (Lipinski definition) is 1. The molecule has 1 amide bonds. The third-order valence-electron chi connectivity index (χ3n) is 5.65. The van der Waals surface area contributed by atoms with E-state index in [4.69, 9.17) is 9.47 Å². The molecule has 0 radical (unpaired) electrons. The zero-order chi connectivity index (χ0) is 17.9. The molecule has 5 heteroatoms. The van der Waals surface area contributed by atoms with E-state index in [1.165, 1.54) is 12.8 Å². The molecule has 2 aliphatic rings. The smallest absolute Gasteiger partial charge is 0.257 e. The van der Waals surface area contributed by atoms with E-state index in [2.05, 4.69) is 28.1 Å². The monoisotopic (exact) mass is 354 g/mol. The van der Waals surface area contributed by atoms with Gasteiger partial charge in [-0.1, -0.05) is 18.2 Å². The summed E-state index contributed by atoms with van der Waals surface area (Å²) in [5, 5.41) is 4.06. The molecule has 1 aromatic heterocycles. The third-order valence-corrected chi connectivity index (χ3v) is 5.65. The van der Waals surface area contributed by atoms with E-state index >= 15 is 0 Å². The maximum Gasteiger partial charge on any atom is 0.257 e. The quantitative estimate of drug-likeness (QED) is 0.742. The highest BCUT2D eigenvalue weighted by Crippen LogP contribution is 2.42. The van der Waals surface area contributed by atoms with Crippen LogP contribution in [0.3, 0.4) is 0 Å². The molecule has 4 rings (SSSR count). The Balaban J connectivity index is 1.32. The number of allylic oxidation sites excluding steroid dienone is 2. The summed E-state index contributed by atoms with van der Waals surface area (Å²) in [6.07, 6.45) is 9.14. The van der Waals surface area contributed by atoms with Crippen molar-refractivity contribution >= 4 is 16.8 Å². The summed E-state index contributed by atoms with van der Waals surface area (Å²) in [5.74, 6) is 2.68. The van der Waals surface area contributed by atoms with Gasteiger partial charge in [0.2, 0.25) is 0 Å². The zero-order valence-electron chi connectivity index (χ0n) is 15.2. The number of nitrogens with one attached hydrogen (secondary N) is 1. The van der Waals surface area contributed by atoms with Gasteiger partial charge in [0, 0.05) is 31.8 Å². The van der Waals surface area contributed by atoms with Crippen molar-refractivity contribution < 1.29 is 14.3 Å². The molecule has 0 aliphatic heterocycles. The molecule has 0 spiro atoms. The summed E-state index contributed by atoms with van der Waals surface area (Å²) in [5.41, 5.74) is 1.09. The Kier molecular flexibility index (Phi) is 4.98. The van der Waals surface area contributed by atoms with E-state index in [-0.39, 0.29) is 12.5 Å². The van der Waals surface area contributed by atoms with Crippen LogP contribution >= 0.6 is 0 Å². The van der Waals surface area contributed by atoms with Crippen molar-refractivity contribution in [2.75, 3.05) is 26.9 Å². The van der Waals surface area contributed by atoms with Gasteiger partial charge in [0.1, 0.15) is 5.75 Å². The van der Waals surface area contributed by atoms with Crippen LogP contribution in [-0.2, 0) is 16.1 Å². The first-order valence-electron chi connectivity index (χ1n) is 9.39. The first-order valence-corrected chi connectivity index (χ1v) is 9.39. The number of fused-ring (bicyclic) bond motifs is 3. The molecule has 1 heterocycles. The van der Waals surface area contributed by atoms with Crippen molar-refractivity contribution in [3.8, 4) is 5.75 Å². The van der Waals surface area contributed by atoms with E-state index in [1.54, 1.807) is 7.11 Å². The van der Waals surface area contributed by atoms with Crippen LogP contribution in [0.25, 0.3) is 10.9 Å². The van der Waals surface area contributed by atoms with Crippen molar-refractivity contribution in [2.45, 2.75) is 19.4 Å². The molecule has 1 aromatic carbocycles. The topological polar surface area (TPSA) is 52.5 Å². The van der Waals surface area contributed by atoms with Crippen LogP contribution in [0, 0.1) is 17.8 Å². The maximum atomic E-state index is 12.2. The van der Waals surface area contributed by atoms with Gasteiger partial charge in [0.25, 0.3) is 5.91 Å². The molecule has 1 N–H and O–H groups in total. The summed E-state index contributed by atoms with van der Waals surface area (Å²) < 4.78 is 13.1. The SMILES string of the molecule is COCCn1ccc2c(OCC(=O)NC[C@@H]3C[C@H]4C=C[C@H]3C4)cccc21. The first-order chi connectivity index (χ1) is 12.7. The zero-order valence-corrected chi connectivity index (χ0v) is 15.2. The third kappa shape index (κ3) is 3.49. The van der Waals surface area contributed by atoms with E-state index in [1.807, 2.05) is 24.4 Å². The average molecular weight is 354 g/mol. The lowest BCUT2D eigenvalue weighted by Gasteiger charge is -2.18. The van der Waals surface area contributed by atoms with Crippen LogP contribution in [0.2, 0.25) is 0 Å². The average Bonchev–Trinajstić information content (AvgIpc) is 3.38. The second-order valence-corrected chi connectivity index (χ2v) is 7.32. The number of carbonyl (C=O) groups excluding carboxylic acids is 1. The minimum Gasteiger partial charge on any atom is -0.483 e. The van der Waals surface area contributed by atoms with Crippen LogP contribution in [0.5, 0.6) is 5.75 Å². The van der Waals surface area contributed by atoms with Gasteiger partial charge < -0.3 is 19.4 Å². The number of carbonyl (C=O) groups is 1. The van der Waals surface area contributed by atoms with Crippen molar-refractivity contribution in [3.63, 3.8) is 0 Å². The highest BCUT2D eigenvalue weighted by molar-refractivity contribution is 5.87. The Morgan fingerprint density at radius 2 is 2.19 bits per heavy atom. The molecule has 3 atom stereocenters. The summed E-state index contributed by atoms with van der Waals surface area (Å²) in [7, 11) is 1.70. The van der Waals surface area contributed by atoms with Crippen LogP contribution in [0.4, 0.5) is 0 Å². The largest absolute Gasteiger partial charge is 0.483 e. The van der Waals surface area contributed by atoms with Gasteiger partial charge in [-0.3, -0.25) is 4.79 Å². The maximum absolute atomic E-state index is 12.2. The van der Waals surface area contributed by atoms with Gasteiger partial charge in [0.15, 0.2) is 6.61 Å². The second kappa shape index (κ2) is 7.54. The highest BCUT2D eigenvalue weighted by atomic mass is 16.5. The van der Waals surface area contributed by atoms with Gasteiger partial charge in [0.05, 0.1) is 12.1 Å². The number of rotatable bonds is 8. The van der Waals surface area contributed by atoms with Crippen molar-refractivity contribution in [1.29, 1.82) is 0 Å². The van der Waals surface area contributed by atoms with Gasteiger partial charge in [-0.05, 0) is 48.8 Å². The van der Waals surface area contributed by atoms with E-state index < -0.39 is 0 Å². The predicted molar refractivity (Wildman–Crippen MR) is 101 cm³/mol. The first kappa shape index (κ1) is 17.2. The lowest BCUT2D eigenvalue weighted by molar-refractivity contribution is -0.123. The van der Waals surface area contributed by atoms with Crippen LogP contribution in [-0.4, -0.2) is 37.3 Å². The van der Waals surface area contributed by atoms with E-state index in [0.717, 1.165) is 35.7 Å². The number of aromatic nitrogens is 1. The van der Waals surface area contributed by atoms with Gasteiger partial charge >= 0.3 is 0 Å². The standard InChI is InChI=1S/C21H26N2O3/c1-25-10-9-23-8-7-18-19(23)3-2-4-20(18)26-14-21(24)22-13-17-12-15-5-6-16(17)11-15/h2-8,15-17H,9-14H2,1H3,(H,22,24)/t15-,16-,17-/m0/s1. The summed E-state index contributed by atoms with van der Waals surface area (Å²) in [6.45, 7) is 2.27. The number of amides is 1. The molecule has 1 fully saturated rings. The molecule has 26 heavy (non-hydrogen) atoms. The molecule has 2 bridgehead atoms. The van der Waals surface area contributed by atoms with Crippen LogP contribution < -0.4 is 10.1 Å². The van der Waals surface area contributed by atoms with Crippen molar-refractivity contribution in [3.05, 3.63) is 42.6 Å². The van der Waals surface area contributed by atoms with Gasteiger partial charge in [-0.25, -0.2) is 0 Å². The van der Waals surface area contributed by atoms with E-state index in [9.17, 15) is 4.79 Å². The van der Waals surface area contributed by atoms with E-state index in [0.29, 0.717) is 18.4 Å². The minimum absolute atomic E-state index is 0.0485. The van der Waals surface area contributed by atoms with Crippen molar-refractivity contribution in [2.24, 2.45) is 17.8 Å². The van der Waals surface area contributed by atoms with Crippen LogP contribution in [0.1, 0.15) is 12.8 Å². The second-order valence-electron chi connectivity index (χ2n) is 7.32. The summed E-state index contributed by atoms with van der Waals surface area (Å²) >= 11 is 0. The fraction of sp³-hybridized carbons (Fsp3) is 0.476. The Bertz CT molecular complexity index is 811. The van der Waals surface area contributed by atoms with Crippen molar-refractivity contribution in [1.82, 2.24) is 9.88 Å². The lowest BCUT2D eigenvalue weighted by Crippen LogP contribution is -2.34. The molecule has 0 unspecified atom stereocenters. The number of benzene rings is 1. The fourth-order valence-electron chi connectivity index (χ4n) is 4.27. The summed E-state index contributed by atoms with van der Waals surface area (Å²) in [6, 6.07) is 7.96. The molecule has 2 aromatic rings. The lowest BCUT2D eigenvalue weighted by atomic mass is 9.94. The highest BCUT2D eigenvalue weighted by Gasteiger charge is 2.35. The molecular weight excluding hydrogens is 328 g/mol. The minimum atomic E-state index is -0.0485. The summed E-state index contributed by atoms with van der Waals surface area (Å²) in [4.78, 5) is 12.2. The molecular formula is C21H26N2O3. The molecule has 5 nitrogen and oxygen atoms in total. The fourth-order valence-corrected chi connectivity index (χ4v) is 4.27. The normalized spacial score (nSPS) is 23.7. The number of nitrogens with zero attached hydrogens (tertiary/aromatic N) is 1. The predicted octanol–water partition coefficient (Wildman–Crippen LogP) is 2.99. The number of ether oxygens (including phenoxy) is 2.